The molecule has 0 unspecified atom stereocenters. The third kappa shape index (κ3) is 6.86. The van der Waals surface area contributed by atoms with Crippen molar-refractivity contribution < 1.29 is 41.2 Å². The number of primary sulfonamides is 1. The number of hydrogen-bond acceptors (Lipinski definition) is 10. The molecule has 0 aliphatic carbocycles. The van der Waals surface area contributed by atoms with E-state index in [9.17, 15) is 41.6 Å². The molecule has 1 amide bonds. The van der Waals surface area contributed by atoms with Crippen LogP contribution in [0.4, 0.5) is 5.69 Å². The lowest BCUT2D eigenvalue weighted by Crippen LogP contribution is -2.42. The van der Waals surface area contributed by atoms with Crippen LogP contribution >= 0.6 is 0 Å². The molecule has 2 aromatic rings. The molecule has 1 fully saturated rings. The van der Waals surface area contributed by atoms with Gasteiger partial charge in [-0.2, -0.15) is 4.31 Å². The zero-order chi connectivity index (χ0) is 27.4. The summed E-state index contributed by atoms with van der Waals surface area (Å²) in [6.07, 6.45) is -1.19. The van der Waals surface area contributed by atoms with E-state index in [1.165, 1.54) is 36.4 Å². The van der Waals surface area contributed by atoms with Crippen molar-refractivity contribution in [1.82, 2.24) is 9.62 Å². The monoisotopic (exact) mass is 556 g/mol. The summed E-state index contributed by atoms with van der Waals surface area (Å²) < 4.78 is 54.3. The van der Waals surface area contributed by atoms with E-state index in [1.54, 1.807) is 0 Å². The summed E-state index contributed by atoms with van der Waals surface area (Å²) in [7, 11) is -8.37. The number of ether oxygens (including phenoxy) is 1. The second-order valence-electron chi connectivity index (χ2n) is 8.10. The minimum Gasteiger partial charge on any atom is -0.454 e. The summed E-state index contributed by atoms with van der Waals surface area (Å²) in [5.41, 5.74) is 0.0233. The van der Waals surface area contributed by atoms with E-state index in [-0.39, 0.29) is 17.9 Å². The van der Waals surface area contributed by atoms with Gasteiger partial charge in [0.1, 0.15) is 6.04 Å². The highest BCUT2D eigenvalue weighted by Crippen LogP contribution is 2.31. The molecule has 0 bridgehead atoms. The lowest BCUT2D eigenvalue weighted by atomic mass is 10.1. The predicted octanol–water partition coefficient (Wildman–Crippen LogP) is -0.732. The van der Waals surface area contributed by atoms with Crippen LogP contribution in [0.3, 0.4) is 0 Å². The number of carbonyl (C=O) groups is 2. The molecule has 1 heterocycles. The third-order valence-electron chi connectivity index (χ3n) is 5.49. The van der Waals surface area contributed by atoms with Gasteiger partial charge in [-0.3, -0.25) is 19.7 Å². The Hall–Kier alpha value is -3.44. The molecule has 14 nitrogen and oxygen atoms in total. The molecule has 1 saturated heterocycles. The van der Waals surface area contributed by atoms with Crippen LogP contribution in [0.25, 0.3) is 0 Å². The van der Waals surface area contributed by atoms with Crippen LogP contribution in [0.1, 0.15) is 12.0 Å². The molecule has 1 aliphatic heterocycles. The Kier molecular flexibility index (Phi) is 8.60. The zero-order valence-corrected chi connectivity index (χ0v) is 20.9. The van der Waals surface area contributed by atoms with E-state index >= 15 is 0 Å². The number of aliphatic hydroxyl groups excluding tert-OH is 1. The van der Waals surface area contributed by atoms with Gasteiger partial charge in [0, 0.05) is 25.6 Å². The van der Waals surface area contributed by atoms with Crippen molar-refractivity contribution in [2.75, 3.05) is 19.7 Å². The summed E-state index contributed by atoms with van der Waals surface area (Å²) in [5.74, 6) is -1.77. The molecule has 0 aromatic heterocycles. The first kappa shape index (κ1) is 28.1. The molecule has 1 aliphatic rings. The van der Waals surface area contributed by atoms with Gasteiger partial charge in [-0.25, -0.2) is 22.0 Å². The Morgan fingerprint density at radius 1 is 1.14 bits per heavy atom. The van der Waals surface area contributed by atoms with Gasteiger partial charge >= 0.3 is 5.97 Å². The Balaban J connectivity index is 1.57. The second kappa shape index (κ2) is 11.3. The summed E-state index contributed by atoms with van der Waals surface area (Å²) in [4.78, 5) is 34.4. The van der Waals surface area contributed by atoms with Gasteiger partial charge in [-0.1, -0.05) is 24.3 Å². The number of aliphatic hydroxyl groups is 1. The minimum absolute atomic E-state index is 0.0536. The van der Waals surface area contributed by atoms with E-state index in [0.717, 1.165) is 12.1 Å². The Morgan fingerprint density at radius 3 is 2.41 bits per heavy atom. The van der Waals surface area contributed by atoms with Gasteiger partial charge in [0.2, 0.25) is 10.0 Å². The number of amides is 1. The number of β-amino-alcohol motifs (C(OH)–C–C–N with tert-alkyl or cyclic N) is 1. The van der Waals surface area contributed by atoms with E-state index < -0.39 is 72.7 Å². The van der Waals surface area contributed by atoms with Gasteiger partial charge in [0.25, 0.3) is 21.6 Å². The number of carbonyl (C=O) groups excluding carboxylic acids is 2. The maximum absolute atomic E-state index is 13.1. The number of rotatable bonds is 10. The number of para-hydroxylation sites is 1. The summed E-state index contributed by atoms with van der Waals surface area (Å²) >= 11 is 0. The Morgan fingerprint density at radius 2 is 1.78 bits per heavy atom. The number of nitro benzene ring substituents is 1. The van der Waals surface area contributed by atoms with Gasteiger partial charge in [-0.15, -0.1) is 0 Å². The standard InChI is InChI=1S/C21H24N4O10S2/c22-36(31,32)16-7-5-14(6-8-16)9-10-23-20(27)13-35-21(28)18-11-15(26)12-24(18)37(33,34)19-4-2-1-3-17(19)25(29)30/h1-8,15,18,26H,9-13H2,(H,23,27)(H2,22,31,32)/t15-,18+/m1/s1. The minimum atomic E-state index is -4.55. The number of nitrogens with one attached hydrogen (secondary N) is 1. The first-order chi connectivity index (χ1) is 17.3. The molecule has 16 heteroatoms. The van der Waals surface area contributed by atoms with Crippen molar-refractivity contribution in [3.63, 3.8) is 0 Å². The van der Waals surface area contributed by atoms with Gasteiger partial charge in [0.05, 0.1) is 15.9 Å². The second-order valence-corrected chi connectivity index (χ2v) is 11.5. The SMILES string of the molecule is NS(=O)(=O)c1ccc(CCNC(=O)COC(=O)[C@@H]2C[C@@H](O)CN2S(=O)(=O)c2ccccc2[N+](=O)[O-])cc1. The lowest BCUT2D eigenvalue weighted by Gasteiger charge is -2.22. The molecular formula is C21H24N4O10S2. The van der Waals surface area contributed by atoms with Crippen LogP contribution in [-0.4, -0.2) is 74.9 Å². The number of sulfonamides is 2. The largest absolute Gasteiger partial charge is 0.454 e. The molecule has 0 radical (unpaired) electrons. The molecule has 2 aromatic carbocycles. The topological polar surface area (TPSA) is 216 Å². The molecular weight excluding hydrogens is 532 g/mol. The number of nitro groups is 1. The highest BCUT2D eigenvalue weighted by Gasteiger charge is 2.46. The summed E-state index contributed by atoms with van der Waals surface area (Å²) in [6.45, 7) is -1.08. The average Bonchev–Trinajstić information content (AvgIpc) is 3.25. The van der Waals surface area contributed by atoms with Crippen LogP contribution < -0.4 is 10.5 Å². The molecule has 3 rings (SSSR count). The normalized spacial score (nSPS) is 18.3. The number of nitrogens with two attached hydrogens (primary N) is 1. The summed E-state index contributed by atoms with van der Waals surface area (Å²) in [6, 6.07) is 8.85. The van der Waals surface area contributed by atoms with Crippen molar-refractivity contribution in [1.29, 1.82) is 0 Å². The van der Waals surface area contributed by atoms with Crippen LogP contribution in [0.15, 0.2) is 58.3 Å². The maximum atomic E-state index is 13.1. The van der Waals surface area contributed by atoms with Gasteiger partial charge in [-0.05, 0) is 30.2 Å². The Labute approximate surface area is 212 Å². The molecule has 0 spiro atoms. The van der Waals surface area contributed by atoms with Crippen LogP contribution in [-0.2, 0) is 40.8 Å². The number of esters is 1. The van der Waals surface area contributed by atoms with E-state index in [2.05, 4.69) is 5.32 Å². The fourth-order valence-corrected chi connectivity index (χ4v) is 5.99. The smallest absolute Gasteiger partial charge is 0.325 e. The van der Waals surface area contributed by atoms with Crippen LogP contribution in [0.2, 0.25) is 0 Å². The molecule has 37 heavy (non-hydrogen) atoms. The Bertz CT molecular complexity index is 1390. The summed E-state index contributed by atoms with van der Waals surface area (Å²) in [5, 5.41) is 28.8. The van der Waals surface area contributed by atoms with Crippen LogP contribution in [0.5, 0.6) is 0 Å². The molecule has 0 saturated carbocycles. The molecule has 4 N–H and O–H groups in total. The maximum Gasteiger partial charge on any atom is 0.325 e. The number of nitrogens with zero attached hydrogens (tertiary/aromatic N) is 2. The van der Waals surface area contributed by atoms with Crippen molar-refractivity contribution in [2.45, 2.75) is 34.8 Å². The van der Waals surface area contributed by atoms with Crippen LogP contribution in [0, 0.1) is 10.1 Å². The molecule has 2 atom stereocenters. The van der Waals surface area contributed by atoms with Crippen molar-refractivity contribution in [3.05, 3.63) is 64.2 Å². The van der Waals surface area contributed by atoms with Crippen molar-refractivity contribution >= 4 is 37.6 Å². The zero-order valence-electron chi connectivity index (χ0n) is 19.2. The van der Waals surface area contributed by atoms with E-state index in [0.29, 0.717) is 16.3 Å². The quantitative estimate of drug-likeness (QED) is 0.189. The van der Waals surface area contributed by atoms with Crippen molar-refractivity contribution in [3.8, 4) is 0 Å². The first-order valence-corrected chi connectivity index (χ1v) is 13.8. The fraction of sp³-hybridized carbons (Fsp3) is 0.333. The number of hydrogen-bond donors (Lipinski definition) is 3. The fourth-order valence-electron chi connectivity index (χ4n) is 3.69. The first-order valence-electron chi connectivity index (χ1n) is 10.8. The van der Waals surface area contributed by atoms with Gasteiger partial charge < -0.3 is 15.2 Å². The van der Waals surface area contributed by atoms with Gasteiger partial charge in [0.15, 0.2) is 11.5 Å². The highest BCUT2D eigenvalue weighted by molar-refractivity contribution is 7.89. The highest BCUT2D eigenvalue weighted by atomic mass is 32.2. The predicted molar refractivity (Wildman–Crippen MR) is 127 cm³/mol. The van der Waals surface area contributed by atoms with E-state index in [4.69, 9.17) is 9.88 Å². The lowest BCUT2D eigenvalue weighted by molar-refractivity contribution is -0.387. The average molecular weight is 557 g/mol. The van der Waals surface area contributed by atoms with E-state index in [1.807, 2.05) is 0 Å². The number of benzene rings is 2. The molecule has 200 valence electrons. The van der Waals surface area contributed by atoms with Crippen molar-refractivity contribution in [2.24, 2.45) is 5.14 Å². The third-order valence-corrected chi connectivity index (χ3v) is 8.34.